The van der Waals surface area contributed by atoms with Gasteiger partial charge in [-0.2, -0.15) is 0 Å². The molecule has 2 heterocycles. The van der Waals surface area contributed by atoms with Crippen molar-refractivity contribution in [1.82, 2.24) is 10.2 Å². The Morgan fingerprint density at radius 3 is 2.78 bits per heavy atom. The van der Waals surface area contributed by atoms with E-state index in [1.165, 1.54) is 0 Å². The maximum atomic E-state index is 12.6. The highest BCUT2D eigenvalue weighted by atomic mass is 32.2. The van der Waals surface area contributed by atoms with Crippen molar-refractivity contribution in [3.63, 3.8) is 0 Å². The van der Waals surface area contributed by atoms with E-state index in [1.807, 2.05) is 37.3 Å². The van der Waals surface area contributed by atoms with Crippen molar-refractivity contribution in [2.24, 2.45) is 5.92 Å². The number of esters is 1. The first-order valence-electron chi connectivity index (χ1n) is 9.49. The van der Waals surface area contributed by atoms with Gasteiger partial charge in [-0.3, -0.25) is 9.59 Å². The molecule has 4 rings (SSSR count). The van der Waals surface area contributed by atoms with Crippen molar-refractivity contribution >= 4 is 29.5 Å². The molecule has 1 N–H and O–H groups in total. The average Bonchev–Trinajstić information content (AvgIpc) is 3.38. The fourth-order valence-corrected chi connectivity index (χ4v) is 5.69. The largest absolute Gasteiger partial charge is 0.454 e. The lowest BCUT2D eigenvalue weighted by atomic mass is 10.0. The summed E-state index contributed by atoms with van der Waals surface area (Å²) in [6.07, 6.45) is 3.38. The highest BCUT2D eigenvalue weighted by molar-refractivity contribution is 8.00. The number of thioether (sulfide) groups is 1. The molecule has 2 amide bonds. The van der Waals surface area contributed by atoms with Crippen molar-refractivity contribution < 1.29 is 19.1 Å². The van der Waals surface area contributed by atoms with E-state index in [-0.39, 0.29) is 24.5 Å². The lowest BCUT2D eigenvalue weighted by Gasteiger charge is -2.33. The summed E-state index contributed by atoms with van der Waals surface area (Å²) in [6.45, 7) is 1.68. The molecule has 3 atom stereocenters. The molecule has 0 unspecified atom stereocenters. The molecule has 0 radical (unpaired) electrons. The first-order valence-corrected chi connectivity index (χ1v) is 10.5. The van der Waals surface area contributed by atoms with Crippen molar-refractivity contribution in [3.05, 3.63) is 35.9 Å². The van der Waals surface area contributed by atoms with Crippen LogP contribution in [0.15, 0.2) is 30.3 Å². The summed E-state index contributed by atoms with van der Waals surface area (Å²) in [7, 11) is 0. The number of fused-ring (bicyclic) bond motifs is 1. The van der Waals surface area contributed by atoms with Gasteiger partial charge in [0, 0.05) is 18.2 Å². The van der Waals surface area contributed by atoms with Crippen LogP contribution in [0.25, 0.3) is 0 Å². The molecule has 3 fully saturated rings. The summed E-state index contributed by atoms with van der Waals surface area (Å²) in [6, 6.07) is 9.31. The lowest BCUT2D eigenvalue weighted by Crippen LogP contribution is -2.47. The molecule has 0 spiro atoms. The monoisotopic (exact) mass is 388 g/mol. The van der Waals surface area contributed by atoms with Crippen LogP contribution in [0.3, 0.4) is 0 Å². The predicted molar refractivity (Wildman–Crippen MR) is 102 cm³/mol. The number of hydrogen-bond donors (Lipinski definition) is 1. The van der Waals surface area contributed by atoms with Crippen LogP contribution in [-0.2, 0) is 24.0 Å². The zero-order valence-electron chi connectivity index (χ0n) is 15.3. The molecule has 1 aliphatic carbocycles. The fraction of sp³-hybridized carbons (Fsp3) is 0.550. The van der Waals surface area contributed by atoms with E-state index in [0.717, 1.165) is 18.4 Å². The smallest absolute Gasteiger partial charge is 0.330 e. The van der Waals surface area contributed by atoms with E-state index < -0.39 is 16.9 Å². The molecule has 144 valence electrons. The second kappa shape index (κ2) is 7.19. The highest BCUT2D eigenvalue weighted by Crippen LogP contribution is 2.54. The molecule has 1 aromatic carbocycles. The van der Waals surface area contributed by atoms with Gasteiger partial charge in [0.05, 0.1) is 0 Å². The third-order valence-corrected chi connectivity index (χ3v) is 7.28. The Bertz CT molecular complexity index is 752. The second-order valence-corrected chi connectivity index (χ2v) is 8.84. The van der Waals surface area contributed by atoms with Gasteiger partial charge in [0.15, 0.2) is 6.61 Å². The summed E-state index contributed by atoms with van der Waals surface area (Å²) in [5.41, 5.74) is 1.03. The van der Waals surface area contributed by atoms with Gasteiger partial charge in [-0.15, -0.1) is 11.8 Å². The van der Waals surface area contributed by atoms with Gasteiger partial charge >= 0.3 is 5.97 Å². The Labute approximate surface area is 163 Å². The number of hydrogen-bond acceptors (Lipinski definition) is 5. The van der Waals surface area contributed by atoms with E-state index in [0.29, 0.717) is 24.5 Å². The molecular formula is C20H24N2O4S. The third-order valence-electron chi connectivity index (χ3n) is 5.69. The number of benzene rings is 1. The quantitative estimate of drug-likeness (QED) is 0.755. The summed E-state index contributed by atoms with van der Waals surface area (Å²) in [4.78, 5) is 38.4. The number of amides is 2. The summed E-state index contributed by atoms with van der Waals surface area (Å²) in [5, 5.41) is 2.87. The standard InChI is InChI=1S/C20H24N2O4S/c1-13(14-7-8-14)21-17(23)11-26-19(25)16-12-27-20(10-9-18(24)22(16)20)15-5-3-2-4-6-15/h2-6,13-14,16H,7-12H2,1H3,(H,21,23)/t13-,16+,20+/m0/s1. The molecule has 0 aromatic heterocycles. The lowest BCUT2D eigenvalue weighted by molar-refractivity contribution is -0.156. The van der Waals surface area contributed by atoms with Crippen LogP contribution >= 0.6 is 11.8 Å². The zero-order valence-corrected chi connectivity index (χ0v) is 16.2. The van der Waals surface area contributed by atoms with E-state index in [9.17, 15) is 14.4 Å². The molecule has 2 aliphatic heterocycles. The molecule has 27 heavy (non-hydrogen) atoms. The van der Waals surface area contributed by atoms with Crippen molar-refractivity contribution in [2.75, 3.05) is 12.4 Å². The maximum absolute atomic E-state index is 12.6. The van der Waals surface area contributed by atoms with E-state index in [4.69, 9.17) is 4.74 Å². The minimum absolute atomic E-state index is 0.0300. The summed E-state index contributed by atoms with van der Waals surface area (Å²) in [5.74, 6) is 0.224. The molecule has 3 aliphatic rings. The maximum Gasteiger partial charge on any atom is 0.330 e. The normalized spacial score (nSPS) is 28.0. The number of rotatable bonds is 6. The molecule has 2 saturated heterocycles. The van der Waals surface area contributed by atoms with Crippen LogP contribution in [0.2, 0.25) is 0 Å². The third kappa shape index (κ3) is 3.45. The summed E-state index contributed by atoms with van der Waals surface area (Å²) < 4.78 is 5.27. The minimum Gasteiger partial charge on any atom is -0.454 e. The molecule has 7 heteroatoms. The number of nitrogens with zero attached hydrogens (tertiary/aromatic N) is 1. The molecule has 1 aromatic rings. The number of carbonyl (C=O) groups is 3. The van der Waals surface area contributed by atoms with Crippen molar-refractivity contribution in [1.29, 1.82) is 0 Å². The Hall–Kier alpha value is -2.02. The van der Waals surface area contributed by atoms with E-state index >= 15 is 0 Å². The number of nitrogens with one attached hydrogen (secondary N) is 1. The van der Waals surface area contributed by atoms with Gasteiger partial charge in [0.1, 0.15) is 10.9 Å². The van der Waals surface area contributed by atoms with Gasteiger partial charge in [-0.1, -0.05) is 30.3 Å². The number of carbonyl (C=O) groups excluding carboxylic acids is 3. The minimum atomic E-state index is -0.640. The van der Waals surface area contributed by atoms with Gasteiger partial charge in [0.25, 0.3) is 5.91 Å². The van der Waals surface area contributed by atoms with Gasteiger partial charge in [0.2, 0.25) is 5.91 Å². The number of ether oxygens (including phenoxy) is 1. The molecule has 6 nitrogen and oxygen atoms in total. The Morgan fingerprint density at radius 1 is 1.33 bits per heavy atom. The van der Waals surface area contributed by atoms with Crippen LogP contribution in [0, 0.1) is 5.92 Å². The molecular weight excluding hydrogens is 364 g/mol. The second-order valence-electron chi connectivity index (χ2n) is 7.54. The van der Waals surface area contributed by atoms with E-state index in [1.54, 1.807) is 16.7 Å². The van der Waals surface area contributed by atoms with Crippen molar-refractivity contribution in [2.45, 2.75) is 49.6 Å². The van der Waals surface area contributed by atoms with Crippen molar-refractivity contribution in [3.8, 4) is 0 Å². The summed E-state index contributed by atoms with van der Waals surface area (Å²) >= 11 is 1.61. The van der Waals surface area contributed by atoms with Crippen LogP contribution in [0.4, 0.5) is 0 Å². The zero-order chi connectivity index (χ0) is 19.0. The first-order chi connectivity index (χ1) is 13.0. The molecule has 0 bridgehead atoms. The predicted octanol–water partition coefficient (Wildman–Crippen LogP) is 2.04. The van der Waals surface area contributed by atoms with Gasteiger partial charge in [-0.25, -0.2) is 4.79 Å². The molecule has 1 saturated carbocycles. The van der Waals surface area contributed by atoms with Gasteiger partial charge in [-0.05, 0) is 37.7 Å². The fourth-order valence-electron chi connectivity index (χ4n) is 4.06. The van der Waals surface area contributed by atoms with Crippen LogP contribution < -0.4 is 5.32 Å². The SMILES string of the molecule is C[C@H](NC(=O)COC(=O)[C@H]1CS[C@@]2(c3ccccc3)CCC(=O)N12)C1CC1. The van der Waals surface area contributed by atoms with Crippen LogP contribution in [0.5, 0.6) is 0 Å². The van der Waals surface area contributed by atoms with E-state index in [2.05, 4.69) is 5.32 Å². The topological polar surface area (TPSA) is 75.7 Å². The first kappa shape index (κ1) is 18.3. The Morgan fingerprint density at radius 2 is 2.07 bits per heavy atom. The Balaban J connectivity index is 1.41. The average molecular weight is 388 g/mol. The Kier molecular flexibility index (Phi) is 4.88. The van der Waals surface area contributed by atoms with Gasteiger partial charge < -0.3 is 15.0 Å². The van der Waals surface area contributed by atoms with Crippen LogP contribution in [0.1, 0.15) is 38.2 Å². The highest BCUT2D eigenvalue weighted by Gasteiger charge is 2.57. The van der Waals surface area contributed by atoms with Crippen LogP contribution in [-0.4, -0.2) is 47.1 Å².